The van der Waals surface area contributed by atoms with Gasteiger partial charge in [-0.05, 0) is 30.3 Å². The molecule has 0 amide bonds. The van der Waals surface area contributed by atoms with E-state index in [1.165, 1.54) is 24.2 Å². The predicted octanol–water partition coefficient (Wildman–Crippen LogP) is 1.60. The summed E-state index contributed by atoms with van der Waals surface area (Å²) in [6, 6.07) is 13.0. The number of guanidine groups is 1. The lowest BCUT2D eigenvalue weighted by Gasteiger charge is -2.32. The van der Waals surface area contributed by atoms with Crippen LogP contribution < -0.4 is 10.6 Å². The molecule has 146 valence electrons. The molecule has 1 aromatic heterocycles. The number of piperazine rings is 1. The molecule has 6 nitrogen and oxygen atoms in total. The molecule has 0 spiro atoms. The highest BCUT2D eigenvalue weighted by atomic mass is 15.2. The van der Waals surface area contributed by atoms with Crippen molar-refractivity contribution in [3.8, 4) is 0 Å². The number of nitrogens with zero attached hydrogens (tertiary/aromatic N) is 4. The zero-order chi connectivity index (χ0) is 18.9. The highest BCUT2D eigenvalue weighted by Crippen LogP contribution is 2.09. The Morgan fingerprint density at radius 2 is 1.63 bits per heavy atom. The topological polar surface area (TPSA) is 47.8 Å². The number of aliphatic imine (C=N–C) groups is 1. The van der Waals surface area contributed by atoms with Gasteiger partial charge in [-0.15, -0.1) is 0 Å². The predicted molar refractivity (Wildman–Crippen MR) is 112 cm³/mol. The van der Waals surface area contributed by atoms with Gasteiger partial charge in [0, 0.05) is 71.8 Å². The fourth-order valence-electron chi connectivity index (χ4n) is 3.26. The van der Waals surface area contributed by atoms with Crippen molar-refractivity contribution in [2.24, 2.45) is 4.99 Å². The Morgan fingerprint density at radius 3 is 2.30 bits per heavy atom. The van der Waals surface area contributed by atoms with Gasteiger partial charge in [-0.25, -0.2) is 0 Å². The minimum absolute atomic E-state index is 0.776. The van der Waals surface area contributed by atoms with Gasteiger partial charge in [0.1, 0.15) is 0 Å². The molecule has 0 atom stereocenters. The second-order valence-electron chi connectivity index (χ2n) is 7.17. The Labute approximate surface area is 162 Å². The van der Waals surface area contributed by atoms with Crippen LogP contribution in [0.15, 0.2) is 53.8 Å². The van der Waals surface area contributed by atoms with E-state index in [2.05, 4.69) is 73.7 Å². The average Bonchev–Trinajstić information content (AvgIpc) is 3.21. The summed E-state index contributed by atoms with van der Waals surface area (Å²) in [6.45, 7) is 8.24. The maximum atomic E-state index is 4.30. The van der Waals surface area contributed by atoms with E-state index in [1.54, 1.807) is 0 Å². The summed E-state index contributed by atoms with van der Waals surface area (Å²) in [4.78, 5) is 9.22. The van der Waals surface area contributed by atoms with Gasteiger partial charge in [0.15, 0.2) is 5.96 Å². The lowest BCUT2D eigenvalue weighted by molar-refractivity contribution is 0.148. The lowest BCUT2D eigenvalue weighted by Crippen LogP contribution is -2.43. The summed E-state index contributed by atoms with van der Waals surface area (Å²) in [5.41, 5.74) is 2.66. The smallest absolute Gasteiger partial charge is 0.191 e. The van der Waals surface area contributed by atoms with Crippen LogP contribution in [0.1, 0.15) is 11.1 Å². The van der Waals surface area contributed by atoms with Crippen molar-refractivity contribution in [1.29, 1.82) is 0 Å². The zero-order valence-corrected chi connectivity index (χ0v) is 16.6. The van der Waals surface area contributed by atoms with Crippen LogP contribution in [-0.2, 0) is 19.6 Å². The van der Waals surface area contributed by atoms with Gasteiger partial charge >= 0.3 is 0 Å². The standard InChI is InChI=1S/C21H32N6/c1-22-21(23-9-12-26-10-3-4-11-26)24-17-19-5-7-20(8-6-19)18-27-15-13-25(2)14-16-27/h3-8,10-11H,9,12-18H2,1-2H3,(H2,22,23,24). The molecule has 1 fully saturated rings. The van der Waals surface area contributed by atoms with Crippen LogP contribution >= 0.6 is 0 Å². The average molecular weight is 369 g/mol. The molecule has 2 aromatic rings. The van der Waals surface area contributed by atoms with Crippen LogP contribution in [0.3, 0.4) is 0 Å². The summed E-state index contributed by atoms with van der Waals surface area (Å²) in [5, 5.41) is 6.74. The Hall–Kier alpha value is -2.31. The van der Waals surface area contributed by atoms with Crippen molar-refractivity contribution in [1.82, 2.24) is 25.0 Å². The highest BCUT2D eigenvalue weighted by Gasteiger charge is 2.13. The maximum absolute atomic E-state index is 4.30. The molecule has 0 unspecified atom stereocenters. The van der Waals surface area contributed by atoms with Crippen molar-refractivity contribution in [3.63, 3.8) is 0 Å². The maximum Gasteiger partial charge on any atom is 0.191 e. The van der Waals surface area contributed by atoms with Crippen LogP contribution in [0.2, 0.25) is 0 Å². The van der Waals surface area contributed by atoms with Crippen molar-refractivity contribution >= 4 is 5.96 Å². The van der Waals surface area contributed by atoms with Gasteiger partial charge < -0.3 is 20.1 Å². The summed E-state index contributed by atoms with van der Waals surface area (Å²) in [5.74, 6) is 0.837. The molecule has 2 heterocycles. The minimum atomic E-state index is 0.776. The number of aromatic nitrogens is 1. The molecule has 0 saturated carbocycles. The molecular formula is C21H32N6. The SMILES string of the molecule is CN=C(NCCn1cccc1)NCc1ccc(CN2CCN(C)CC2)cc1. The number of likely N-dealkylation sites (N-methyl/N-ethyl adjacent to an activating group) is 1. The normalized spacial score (nSPS) is 16.4. The first-order chi connectivity index (χ1) is 13.2. The van der Waals surface area contributed by atoms with Gasteiger partial charge in [-0.1, -0.05) is 24.3 Å². The second kappa shape index (κ2) is 10.1. The van der Waals surface area contributed by atoms with E-state index < -0.39 is 0 Å². The number of rotatable bonds is 7. The fraction of sp³-hybridized carbons (Fsp3) is 0.476. The van der Waals surface area contributed by atoms with Crippen molar-refractivity contribution < 1.29 is 0 Å². The molecule has 27 heavy (non-hydrogen) atoms. The van der Waals surface area contributed by atoms with E-state index in [9.17, 15) is 0 Å². The van der Waals surface area contributed by atoms with Crippen LogP contribution in [-0.4, -0.2) is 67.1 Å². The van der Waals surface area contributed by atoms with Gasteiger partial charge in [-0.2, -0.15) is 0 Å². The Kier molecular flexibility index (Phi) is 7.30. The number of hydrogen-bond acceptors (Lipinski definition) is 3. The summed E-state index contributed by atoms with van der Waals surface area (Å²) in [6.07, 6.45) is 4.14. The molecule has 0 bridgehead atoms. The molecule has 6 heteroatoms. The van der Waals surface area contributed by atoms with Gasteiger partial charge in [0.25, 0.3) is 0 Å². The molecule has 0 aliphatic carbocycles. The van der Waals surface area contributed by atoms with Gasteiger partial charge in [0.2, 0.25) is 0 Å². The van der Waals surface area contributed by atoms with Crippen molar-refractivity contribution in [2.45, 2.75) is 19.6 Å². The van der Waals surface area contributed by atoms with Crippen LogP contribution in [0, 0.1) is 0 Å². The van der Waals surface area contributed by atoms with E-state index in [0.29, 0.717) is 0 Å². The third kappa shape index (κ3) is 6.41. The largest absolute Gasteiger partial charge is 0.355 e. The van der Waals surface area contributed by atoms with Crippen molar-refractivity contribution in [2.75, 3.05) is 46.8 Å². The zero-order valence-electron chi connectivity index (χ0n) is 16.6. The van der Waals surface area contributed by atoms with Crippen molar-refractivity contribution in [3.05, 3.63) is 59.9 Å². The molecule has 1 saturated heterocycles. The Bertz CT molecular complexity index is 684. The first-order valence-electron chi connectivity index (χ1n) is 9.77. The highest BCUT2D eigenvalue weighted by molar-refractivity contribution is 5.79. The molecule has 3 rings (SSSR count). The fourth-order valence-corrected chi connectivity index (χ4v) is 3.26. The van der Waals surface area contributed by atoms with Gasteiger partial charge in [-0.3, -0.25) is 9.89 Å². The van der Waals surface area contributed by atoms with E-state index in [1.807, 2.05) is 19.2 Å². The Balaban J connectivity index is 1.39. The lowest BCUT2D eigenvalue weighted by atomic mass is 10.1. The Morgan fingerprint density at radius 1 is 0.963 bits per heavy atom. The molecule has 2 N–H and O–H groups in total. The summed E-state index contributed by atoms with van der Waals surface area (Å²) < 4.78 is 2.15. The molecular weight excluding hydrogens is 336 g/mol. The van der Waals surface area contributed by atoms with Crippen LogP contribution in [0.4, 0.5) is 0 Å². The van der Waals surface area contributed by atoms with E-state index in [4.69, 9.17) is 0 Å². The number of nitrogens with one attached hydrogen (secondary N) is 2. The summed E-state index contributed by atoms with van der Waals surface area (Å²) >= 11 is 0. The third-order valence-electron chi connectivity index (χ3n) is 5.04. The summed E-state index contributed by atoms with van der Waals surface area (Å²) in [7, 11) is 4.01. The minimum Gasteiger partial charge on any atom is -0.355 e. The van der Waals surface area contributed by atoms with E-state index in [0.717, 1.165) is 45.2 Å². The first-order valence-corrected chi connectivity index (χ1v) is 9.77. The second-order valence-corrected chi connectivity index (χ2v) is 7.17. The first kappa shape index (κ1) is 19.5. The van der Waals surface area contributed by atoms with Crippen LogP contribution in [0.5, 0.6) is 0 Å². The molecule has 0 radical (unpaired) electrons. The molecule has 1 aliphatic heterocycles. The quantitative estimate of drug-likeness (QED) is 0.576. The molecule has 1 aromatic carbocycles. The van der Waals surface area contributed by atoms with E-state index in [-0.39, 0.29) is 0 Å². The number of hydrogen-bond donors (Lipinski definition) is 2. The monoisotopic (exact) mass is 368 g/mol. The van der Waals surface area contributed by atoms with Gasteiger partial charge in [0.05, 0.1) is 0 Å². The van der Waals surface area contributed by atoms with E-state index >= 15 is 0 Å². The third-order valence-corrected chi connectivity index (χ3v) is 5.04. The molecule has 1 aliphatic rings. The number of benzene rings is 1. The van der Waals surface area contributed by atoms with Crippen LogP contribution in [0.25, 0.3) is 0 Å².